The Morgan fingerprint density at radius 2 is 1.67 bits per heavy atom. The second kappa shape index (κ2) is 7.78. The van der Waals surface area contributed by atoms with Gasteiger partial charge in [0.25, 0.3) is 0 Å². The van der Waals surface area contributed by atoms with Crippen LogP contribution in [0.3, 0.4) is 0 Å². The molecule has 1 aromatic rings. The van der Waals surface area contributed by atoms with Crippen molar-refractivity contribution in [2.75, 3.05) is 33.2 Å². The van der Waals surface area contributed by atoms with Crippen molar-refractivity contribution in [2.24, 2.45) is 0 Å². The Balaban J connectivity index is 0.00000220. The lowest BCUT2D eigenvalue weighted by Gasteiger charge is -2.35. The average molecular weight is 313 g/mol. The van der Waals surface area contributed by atoms with Crippen molar-refractivity contribution in [2.45, 2.75) is 26.8 Å². The van der Waals surface area contributed by atoms with Crippen molar-refractivity contribution in [3.8, 4) is 5.75 Å². The Bertz CT molecular complexity index is 465. The number of hydrogen-bond acceptors (Lipinski definition) is 4. The summed E-state index contributed by atoms with van der Waals surface area (Å²) in [5.41, 5.74) is 2.01. The summed E-state index contributed by atoms with van der Waals surface area (Å²) in [4.78, 5) is 16.8. The number of halogens is 1. The van der Waals surface area contributed by atoms with Crippen LogP contribution in [0.1, 0.15) is 18.1 Å². The standard InChI is InChI=1S/C16H24N2O2.ClH/c1-12-6-5-7-13(2)15(12)20-16(19)14(3)18-10-8-17(4)9-11-18;/h5-7,14H,8-11H2,1-4H3;1H. The Morgan fingerprint density at radius 3 is 2.19 bits per heavy atom. The molecule has 0 aliphatic carbocycles. The highest BCUT2D eigenvalue weighted by atomic mass is 35.5. The van der Waals surface area contributed by atoms with Gasteiger partial charge in [0, 0.05) is 26.2 Å². The normalized spacial score (nSPS) is 17.9. The Hall–Kier alpha value is -1.10. The molecule has 0 amide bonds. The van der Waals surface area contributed by atoms with Crippen LogP contribution in [-0.4, -0.2) is 55.0 Å². The van der Waals surface area contributed by atoms with Crippen molar-refractivity contribution in [3.63, 3.8) is 0 Å². The van der Waals surface area contributed by atoms with E-state index in [0.29, 0.717) is 5.75 Å². The summed E-state index contributed by atoms with van der Waals surface area (Å²) in [6.07, 6.45) is 0. The Labute approximate surface area is 133 Å². The van der Waals surface area contributed by atoms with Crippen molar-refractivity contribution in [1.82, 2.24) is 9.80 Å². The van der Waals surface area contributed by atoms with Gasteiger partial charge in [0.05, 0.1) is 0 Å². The maximum atomic E-state index is 12.3. The molecule has 0 bridgehead atoms. The molecule has 2 rings (SSSR count). The first-order valence-electron chi connectivity index (χ1n) is 7.19. The molecule has 0 N–H and O–H groups in total. The highest BCUT2D eigenvalue weighted by molar-refractivity contribution is 5.85. The van der Waals surface area contributed by atoms with Crippen LogP contribution in [0, 0.1) is 13.8 Å². The van der Waals surface area contributed by atoms with E-state index >= 15 is 0 Å². The zero-order chi connectivity index (χ0) is 14.7. The number of rotatable bonds is 3. The molecule has 118 valence electrons. The van der Waals surface area contributed by atoms with E-state index in [-0.39, 0.29) is 24.4 Å². The zero-order valence-electron chi connectivity index (χ0n) is 13.3. The monoisotopic (exact) mass is 312 g/mol. The lowest BCUT2D eigenvalue weighted by Crippen LogP contribution is -2.51. The molecule has 1 atom stereocenters. The van der Waals surface area contributed by atoms with E-state index in [1.807, 2.05) is 39.0 Å². The predicted molar refractivity (Wildman–Crippen MR) is 87.3 cm³/mol. The molecule has 4 nitrogen and oxygen atoms in total. The second-order valence-corrected chi connectivity index (χ2v) is 5.66. The minimum absolute atomic E-state index is 0. The molecule has 1 aromatic carbocycles. The number of carbonyl (C=O) groups is 1. The van der Waals surface area contributed by atoms with Crippen LogP contribution in [0.5, 0.6) is 5.75 Å². The maximum absolute atomic E-state index is 12.3. The highest BCUT2D eigenvalue weighted by Crippen LogP contribution is 2.23. The number of hydrogen-bond donors (Lipinski definition) is 0. The fraction of sp³-hybridized carbons (Fsp3) is 0.562. The molecule has 0 spiro atoms. The van der Waals surface area contributed by atoms with Gasteiger partial charge in [-0.1, -0.05) is 18.2 Å². The number of piperazine rings is 1. The van der Waals surface area contributed by atoms with Gasteiger partial charge in [-0.25, -0.2) is 4.79 Å². The fourth-order valence-corrected chi connectivity index (χ4v) is 2.50. The molecular formula is C16H25ClN2O2. The van der Waals surface area contributed by atoms with Gasteiger partial charge in [0.1, 0.15) is 11.8 Å². The van der Waals surface area contributed by atoms with Gasteiger partial charge in [-0.05, 0) is 38.9 Å². The number of benzene rings is 1. The number of para-hydroxylation sites is 1. The van der Waals surface area contributed by atoms with Crippen LogP contribution < -0.4 is 4.74 Å². The molecule has 1 heterocycles. The number of likely N-dealkylation sites (N-methyl/N-ethyl adjacent to an activating group) is 1. The Morgan fingerprint density at radius 1 is 1.14 bits per heavy atom. The highest BCUT2D eigenvalue weighted by Gasteiger charge is 2.26. The van der Waals surface area contributed by atoms with Crippen LogP contribution in [0.4, 0.5) is 0 Å². The lowest BCUT2D eigenvalue weighted by atomic mass is 10.1. The molecule has 1 unspecified atom stereocenters. The zero-order valence-corrected chi connectivity index (χ0v) is 14.1. The third kappa shape index (κ3) is 4.43. The first-order valence-corrected chi connectivity index (χ1v) is 7.19. The third-order valence-electron chi connectivity index (χ3n) is 4.04. The number of ether oxygens (including phenoxy) is 1. The predicted octanol–water partition coefficient (Wildman–Crippen LogP) is 2.27. The lowest BCUT2D eigenvalue weighted by molar-refractivity contribution is -0.140. The van der Waals surface area contributed by atoms with Crippen LogP contribution in [0.25, 0.3) is 0 Å². The van der Waals surface area contributed by atoms with Gasteiger partial charge in [-0.15, -0.1) is 12.4 Å². The molecule has 0 aromatic heterocycles. The van der Waals surface area contributed by atoms with Crippen molar-refractivity contribution in [3.05, 3.63) is 29.3 Å². The molecule has 0 saturated carbocycles. The number of aryl methyl sites for hydroxylation is 2. The van der Waals surface area contributed by atoms with Crippen LogP contribution in [-0.2, 0) is 4.79 Å². The van der Waals surface area contributed by atoms with Crippen LogP contribution in [0.15, 0.2) is 18.2 Å². The molecule has 21 heavy (non-hydrogen) atoms. The minimum Gasteiger partial charge on any atom is -0.425 e. The van der Waals surface area contributed by atoms with E-state index in [1.54, 1.807) is 0 Å². The quantitative estimate of drug-likeness (QED) is 0.633. The maximum Gasteiger partial charge on any atom is 0.328 e. The molecule has 1 aliphatic heterocycles. The van der Waals surface area contributed by atoms with Gasteiger partial charge < -0.3 is 9.64 Å². The summed E-state index contributed by atoms with van der Waals surface area (Å²) in [6, 6.07) is 5.72. The smallest absolute Gasteiger partial charge is 0.328 e. The van der Waals surface area contributed by atoms with E-state index in [9.17, 15) is 4.79 Å². The molecule has 1 aliphatic rings. The second-order valence-electron chi connectivity index (χ2n) is 5.66. The Kier molecular flexibility index (Phi) is 6.65. The summed E-state index contributed by atoms with van der Waals surface area (Å²) >= 11 is 0. The summed E-state index contributed by atoms with van der Waals surface area (Å²) < 4.78 is 5.62. The van der Waals surface area contributed by atoms with Crippen molar-refractivity contribution in [1.29, 1.82) is 0 Å². The van der Waals surface area contributed by atoms with E-state index in [0.717, 1.165) is 37.3 Å². The van der Waals surface area contributed by atoms with Crippen LogP contribution in [0.2, 0.25) is 0 Å². The first kappa shape index (κ1) is 18.0. The number of esters is 1. The molecular weight excluding hydrogens is 288 g/mol. The van der Waals surface area contributed by atoms with E-state index in [1.165, 1.54) is 0 Å². The SMILES string of the molecule is Cc1cccc(C)c1OC(=O)C(C)N1CCN(C)CC1.Cl. The topological polar surface area (TPSA) is 32.8 Å². The van der Waals surface area contributed by atoms with E-state index < -0.39 is 0 Å². The summed E-state index contributed by atoms with van der Waals surface area (Å²) in [5.74, 6) is 0.547. The minimum atomic E-state index is -0.192. The third-order valence-corrected chi connectivity index (χ3v) is 4.04. The average Bonchev–Trinajstić information content (AvgIpc) is 2.43. The molecule has 1 saturated heterocycles. The summed E-state index contributed by atoms with van der Waals surface area (Å²) in [7, 11) is 2.11. The largest absolute Gasteiger partial charge is 0.425 e. The van der Waals surface area contributed by atoms with Gasteiger partial charge in [-0.3, -0.25) is 4.90 Å². The summed E-state index contributed by atoms with van der Waals surface area (Å²) in [6.45, 7) is 9.70. The van der Waals surface area contributed by atoms with Gasteiger partial charge in [-0.2, -0.15) is 0 Å². The van der Waals surface area contributed by atoms with Gasteiger partial charge in [0.2, 0.25) is 0 Å². The number of nitrogens with zero attached hydrogens (tertiary/aromatic N) is 2. The van der Waals surface area contributed by atoms with E-state index in [4.69, 9.17) is 4.74 Å². The molecule has 5 heteroatoms. The molecule has 1 fully saturated rings. The summed E-state index contributed by atoms with van der Waals surface area (Å²) in [5, 5.41) is 0. The fourth-order valence-electron chi connectivity index (χ4n) is 2.50. The molecule has 0 radical (unpaired) electrons. The first-order chi connectivity index (χ1) is 9.49. The van der Waals surface area contributed by atoms with Gasteiger partial charge in [0.15, 0.2) is 0 Å². The van der Waals surface area contributed by atoms with E-state index in [2.05, 4.69) is 16.8 Å². The number of carbonyl (C=O) groups excluding carboxylic acids is 1. The van der Waals surface area contributed by atoms with Crippen LogP contribution >= 0.6 is 12.4 Å². The van der Waals surface area contributed by atoms with Crippen molar-refractivity contribution >= 4 is 18.4 Å². The van der Waals surface area contributed by atoms with Crippen molar-refractivity contribution < 1.29 is 9.53 Å². The van der Waals surface area contributed by atoms with Gasteiger partial charge >= 0.3 is 5.97 Å².